The van der Waals surface area contributed by atoms with E-state index in [4.69, 9.17) is 10.1 Å². The van der Waals surface area contributed by atoms with Crippen molar-refractivity contribution in [3.05, 3.63) is 35.9 Å². The molecule has 2 aromatic rings. The molecule has 1 aromatic heterocycles. The van der Waals surface area contributed by atoms with Gasteiger partial charge in [-0.3, -0.25) is 4.90 Å². The topological polar surface area (TPSA) is 39.6 Å². The predicted molar refractivity (Wildman–Crippen MR) is 82.2 cm³/mol. The van der Waals surface area contributed by atoms with Gasteiger partial charge < -0.3 is 10.0 Å². The summed E-state index contributed by atoms with van der Waals surface area (Å²) in [7, 11) is 0. The zero-order valence-corrected chi connectivity index (χ0v) is 11.9. The van der Waals surface area contributed by atoms with Crippen LogP contribution < -0.4 is 4.90 Å². The Morgan fingerprint density at radius 3 is 2.65 bits per heavy atom. The number of aromatic nitrogens is 1. The molecular weight excluding hydrogens is 250 g/mol. The summed E-state index contributed by atoms with van der Waals surface area (Å²) in [4.78, 5) is 9.43. The lowest BCUT2D eigenvalue weighted by Gasteiger charge is -2.35. The van der Waals surface area contributed by atoms with Gasteiger partial charge in [-0.2, -0.15) is 0 Å². The molecule has 1 aliphatic heterocycles. The summed E-state index contributed by atoms with van der Waals surface area (Å²) in [5.41, 5.74) is 2.35. The highest BCUT2D eigenvalue weighted by molar-refractivity contribution is 5.83. The number of nitrogens with zero attached hydrogens (tertiary/aromatic N) is 3. The van der Waals surface area contributed by atoms with Crippen molar-refractivity contribution >= 4 is 16.7 Å². The van der Waals surface area contributed by atoms with Crippen molar-refractivity contribution < 1.29 is 5.11 Å². The first-order valence-electron chi connectivity index (χ1n) is 7.22. The first-order valence-corrected chi connectivity index (χ1v) is 7.22. The van der Waals surface area contributed by atoms with Crippen LogP contribution in [-0.2, 0) is 0 Å². The lowest BCUT2D eigenvalue weighted by atomic mass is 10.1. The Bertz CT molecular complexity index is 591. The van der Waals surface area contributed by atoms with Gasteiger partial charge in [0.1, 0.15) is 5.82 Å². The molecule has 2 heterocycles. The fourth-order valence-electron chi connectivity index (χ4n) is 2.84. The second-order valence-electron chi connectivity index (χ2n) is 5.37. The molecule has 0 bridgehead atoms. The first-order chi connectivity index (χ1) is 9.78. The molecule has 106 valence electrons. The van der Waals surface area contributed by atoms with Crippen molar-refractivity contribution in [3.63, 3.8) is 0 Å². The molecule has 0 unspecified atom stereocenters. The third kappa shape index (κ3) is 2.62. The summed E-state index contributed by atoms with van der Waals surface area (Å²) in [5, 5.41) is 10.2. The normalized spacial score (nSPS) is 16.8. The summed E-state index contributed by atoms with van der Waals surface area (Å²) in [5.74, 6) is 1.07. The van der Waals surface area contributed by atoms with E-state index in [-0.39, 0.29) is 6.61 Å². The minimum Gasteiger partial charge on any atom is -0.395 e. The third-order valence-corrected chi connectivity index (χ3v) is 4.02. The number of rotatable bonds is 3. The van der Waals surface area contributed by atoms with Crippen LogP contribution in [0.4, 0.5) is 5.82 Å². The Hall–Kier alpha value is -1.65. The molecular formula is C16H21N3O. The van der Waals surface area contributed by atoms with Gasteiger partial charge in [-0.1, -0.05) is 18.2 Å². The molecule has 1 aliphatic rings. The second kappa shape index (κ2) is 5.77. The number of benzene rings is 1. The van der Waals surface area contributed by atoms with Crippen LogP contribution in [0.3, 0.4) is 0 Å². The van der Waals surface area contributed by atoms with Crippen LogP contribution in [0.15, 0.2) is 30.3 Å². The van der Waals surface area contributed by atoms with Crippen LogP contribution >= 0.6 is 0 Å². The Morgan fingerprint density at radius 1 is 1.15 bits per heavy atom. The van der Waals surface area contributed by atoms with Crippen molar-refractivity contribution in [2.75, 3.05) is 44.2 Å². The van der Waals surface area contributed by atoms with E-state index in [9.17, 15) is 0 Å². The van der Waals surface area contributed by atoms with Gasteiger partial charge in [0.15, 0.2) is 0 Å². The van der Waals surface area contributed by atoms with E-state index in [1.165, 1.54) is 10.9 Å². The number of β-amino-alcohol motifs (C(OH)–C–C–N with tert-alkyl or cyclic N) is 1. The fraction of sp³-hybridized carbons (Fsp3) is 0.438. The molecule has 1 N–H and O–H groups in total. The molecule has 20 heavy (non-hydrogen) atoms. The largest absolute Gasteiger partial charge is 0.395 e. The summed E-state index contributed by atoms with van der Waals surface area (Å²) in [6, 6.07) is 10.5. The molecule has 0 saturated carbocycles. The van der Waals surface area contributed by atoms with Crippen molar-refractivity contribution in [1.29, 1.82) is 0 Å². The van der Waals surface area contributed by atoms with Gasteiger partial charge in [0, 0.05) is 38.1 Å². The molecule has 0 spiro atoms. The van der Waals surface area contributed by atoms with Crippen LogP contribution in [0.2, 0.25) is 0 Å². The number of anilines is 1. The third-order valence-electron chi connectivity index (χ3n) is 4.02. The van der Waals surface area contributed by atoms with Crippen LogP contribution in [0.25, 0.3) is 10.9 Å². The van der Waals surface area contributed by atoms with Gasteiger partial charge in [0.2, 0.25) is 0 Å². The molecule has 1 saturated heterocycles. The highest BCUT2D eigenvalue weighted by Crippen LogP contribution is 2.23. The van der Waals surface area contributed by atoms with Gasteiger partial charge in [0.05, 0.1) is 12.1 Å². The number of para-hydroxylation sites is 1. The first kappa shape index (κ1) is 13.3. The van der Waals surface area contributed by atoms with Crippen molar-refractivity contribution in [3.8, 4) is 0 Å². The lowest BCUT2D eigenvalue weighted by Crippen LogP contribution is -2.47. The maximum absolute atomic E-state index is 8.99. The summed E-state index contributed by atoms with van der Waals surface area (Å²) in [6.45, 7) is 7.11. The Labute approximate surface area is 119 Å². The van der Waals surface area contributed by atoms with Crippen LogP contribution in [-0.4, -0.2) is 54.3 Å². The van der Waals surface area contributed by atoms with E-state index >= 15 is 0 Å². The standard InChI is InChI=1S/C16H21N3O/c1-13-12-16(17-15-5-3-2-4-14(13)15)19-8-6-18(7-9-19)10-11-20/h2-5,12,20H,6-11H2,1H3. The van der Waals surface area contributed by atoms with Gasteiger partial charge in [-0.25, -0.2) is 4.98 Å². The summed E-state index contributed by atoms with van der Waals surface area (Å²) >= 11 is 0. The van der Waals surface area contributed by atoms with Gasteiger partial charge in [-0.15, -0.1) is 0 Å². The van der Waals surface area contributed by atoms with Crippen LogP contribution in [0.1, 0.15) is 5.56 Å². The number of aryl methyl sites for hydroxylation is 1. The number of aliphatic hydroxyl groups excluding tert-OH is 1. The van der Waals surface area contributed by atoms with Crippen molar-refractivity contribution in [2.45, 2.75) is 6.92 Å². The highest BCUT2D eigenvalue weighted by Gasteiger charge is 2.18. The molecule has 0 radical (unpaired) electrons. The number of hydrogen-bond donors (Lipinski definition) is 1. The molecule has 1 fully saturated rings. The number of hydrogen-bond acceptors (Lipinski definition) is 4. The summed E-state index contributed by atoms with van der Waals surface area (Å²) < 4.78 is 0. The number of fused-ring (bicyclic) bond motifs is 1. The average Bonchev–Trinajstić information content (AvgIpc) is 2.48. The smallest absolute Gasteiger partial charge is 0.129 e. The van der Waals surface area contributed by atoms with Gasteiger partial charge in [-0.05, 0) is 24.6 Å². The van der Waals surface area contributed by atoms with Gasteiger partial charge in [0.25, 0.3) is 0 Å². The van der Waals surface area contributed by atoms with Crippen LogP contribution in [0.5, 0.6) is 0 Å². The highest BCUT2D eigenvalue weighted by atomic mass is 16.3. The number of pyridine rings is 1. The Kier molecular flexibility index (Phi) is 3.85. The second-order valence-corrected chi connectivity index (χ2v) is 5.37. The Balaban J connectivity index is 1.81. The van der Waals surface area contributed by atoms with Gasteiger partial charge >= 0.3 is 0 Å². The quantitative estimate of drug-likeness (QED) is 0.921. The molecule has 0 atom stereocenters. The fourth-order valence-corrected chi connectivity index (χ4v) is 2.84. The molecule has 4 nitrogen and oxygen atoms in total. The van der Waals surface area contributed by atoms with E-state index in [2.05, 4.69) is 41.0 Å². The minimum absolute atomic E-state index is 0.243. The van der Waals surface area contributed by atoms with E-state index in [1.54, 1.807) is 0 Å². The van der Waals surface area contributed by atoms with Crippen molar-refractivity contribution in [2.24, 2.45) is 0 Å². The molecule has 0 amide bonds. The predicted octanol–water partition coefficient (Wildman–Crippen LogP) is 1.66. The average molecular weight is 271 g/mol. The maximum Gasteiger partial charge on any atom is 0.129 e. The molecule has 0 aliphatic carbocycles. The molecule has 3 rings (SSSR count). The lowest BCUT2D eigenvalue weighted by molar-refractivity contribution is 0.188. The monoisotopic (exact) mass is 271 g/mol. The maximum atomic E-state index is 8.99. The van der Waals surface area contributed by atoms with E-state index in [1.807, 2.05) is 6.07 Å². The van der Waals surface area contributed by atoms with E-state index in [0.717, 1.165) is 44.1 Å². The SMILES string of the molecule is Cc1cc(N2CCN(CCO)CC2)nc2ccccc12. The number of aliphatic hydroxyl groups is 1. The molecule has 4 heteroatoms. The Morgan fingerprint density at radius 2 is 1.90 bits per heavy atom. The zero-order chi connectivity index (χ0) is 13.9. The summed E-state index contributed by atoms with van der Waals surface area (Å²) in [6.07, 6.45) is 0. The molecule has 1 aromatic carbocycles. The van der Waals surface area contributed by atoms with E-state index in [0.29, 0.717) is 0 Å². The van der Waals surface area contributed by atoms with E-state index < -0.39 is 0 Å². The zero-order valence-electron chi connectivity index (χ0n) is 11.9. The number of piperazine rings is 1. The van der Waals surface area contributed by atoms with Crippen molar-refractivity contribution in [1.82, 2.24) is 9.88 Å². The minimum atomic E-state index is 0.243. The van der Waals surface area contributed by atoms with Crippen LogP contribution in [0, 0.1) is 6.92 Å².